The predicted molar refractivity (Wildman–Crippen MR) is 263 cm³/mol. The summed E-state index contributed by atoms with van der Waals surface area (Å²) in [5.74, 6) is -7.56. The number of para-hydroxylation sites is 1. The molecule has 1 aliphatic rings. The summed E-state index contributed by atoms with van der Waals surface area (Å²) < 4.78 is -1.93. The lowest BCUT2D eigenvalue weighted by Crippen LogP contribution is -2.65. The van der Waals surface area contributed by atoms with Gasteiger partial charge < -0.3 is 53.7 Å². The van der Waals surface area contributed by atoms with Crippen LogP contribution < -0.4 is 48.7 Å². The number of H-pyrrole nitrogens is 1. The molecule has 0 radical (unpaired) electrons. The Bertz CT molecular complexity index is 2450. The summed E-state index contributed by atoms with van der Waals surface area (Å²) in [4.78, 5) is 142. The molecule has 1 aliphatic heterocycles. The molecular weight excluding hydrogens is 925 g/mol. The maximum absolute atomic E-state index is 14.5. The van der Waals surface area contributed by atoms with E-state index < -0.39 is 119 Å². The highest BCUT2D eigenvalue weighted by atomic mass is 32.1. The van der Waals surface area contributed by atoms with E-state index in [0.717, 1.165) is 27.6 Å². The van der Waals surface area contributed by atoms with Gasteiger partial charge in [-0.1, -0.05) is 75.2 Å². The Hall–Kier alpha value is -7.30. The molecule has 11 amide bonds. The molecule has 12 N–H and O–H groups in total. The van der Waals surface area contributed by atoms with E-state index in [2.05, 4.69) is 59.8 Å². The highest BCUT2D eigenvalue weighted by molar-refractivity contribution is 7.82. The quantitative estimate of drug-likeness (QED) is 0.0279. The van der Waals surface area contributed by atoms with Crippen LogP contribution in [0.3, 0.4) is 0 Å². The van der Waals surface area contributed by atoms with E-state index in [9.17, 15) is 47.9 Å². The van der Waals surface area contributed by atoms with Gasteiger partial charge in [0.1, 0.15) is 48.3 Å². The Morgan fingerprint density at radius 1 is 0.771 bits per heavy atom. The molecule has 0 saturated carbocycles. The number of amides is 11. The third-order valence-electron chi connectivity index (χ3n) is 11.7. The van der Waals surface area contributed by atoms with Crippen LogP contribution in [0.2, 0.25) is 0 Å². The Kier molecular flexibility index (Phi) is 20.0. The summed E-state index contributed by atoms with van der Waals surface area (Å²) in [6.45, 7) is 7.58. The number of carbonyl (C=O) groups is 10. The van der Waals surface area contributed by atoms with Gasteiger partial charge in [0.2, 0.25) is 47.3 Å². The van der Waals surface area contributed by atoms with Gasteiger partial charge in [-0.05, 0) is 50.8 Å². The molecule has 1 fully saturated rings. The number of nitrogens with zero attached hydrogens (tertiary/aromatic N) is 2. The molecule has 3 aromatic rings. The molecule has 22 nitrogen and oxygen atoms in total. The molecular formula is C47H64N12O10S. The van der Waals surface area contributed by atoms with Crippen LogP contribution in [0, 0.1) is 0 Å². The number of fused-ring (bicyclic) bond motifs is 1. The van der Waals surface area contributed by atoms with Crippen molar-refractivity contribution in [3.8, 4) is 0 Å². The maximum atomic E-state index is 14.5. The van der Waals surface area contributed by atoms with Crippen molar-refractivity contribution in [3.63, 3.8) is 0 Å². The van der Waals surface area contributed by atoms with E-state index in [1.54, 1.807) is 43.5 Å². The Morgan fingerprint density at radius 3 is 1.94 bits per heavy atom. The summed E-state index contributed by atoms with van der Waals surface area (Å²) >= 11 is 4.61. The van der Waals surface area contributed by atoms with Gasteiger partial charge in [0.05, 0.1) is 4.75 Å². The summed E-state index contributed by atoms with van der Waals surface area (Å²) in [5, 5.41) is 18.7. The fraction of sp³-hybridized carbons (Fsp3) is 0.468. The van der Waals surface area contributed by atoms with Crippen LogP contribution in [-0.4, -0.2) is 135 Å². The normalized spacial score (nSPS) is 17.4. The number of nitrogens with one attached hydrogen (secondary N) is 8. The first kappa shape index (κ1) is 55.3. The van der Waals surface area contributed by atoms with Crippen LogP contribution in [0.15, 0.2) is 65.8 Å². The average Bonchev–Trinajstić information content (AvgIpc) is 3.83. The smallest absolute Gasteiger partial charge is 0.325 e. The fourth-order valence-corrected chi connectivity index (χ4v) is 8.29. The topological polar surface area (TPSA) is 338 Å². The first-order valence-corrected chi connectivity index (χ1v) is 23.4. The van der Waals surface area contributed by atoms with Gasteiger partial charge in [-0.15, -0.1) is 0 Å². The summed E-state index contributed by atoms with van der Waals surface area (Å²) in [6, 6.07) is 4.80. The molecule has 70 heavy (non-hydrogen) atoms. The largest absolute Gasteiger partial charge is 0.370 e. The van der Waals surface area contributed by atoms with E-state index in [1.807, 2.05) is 31.2 Å². The third kappa shape index (κ3) is 14.6. The van der Waals surface area contributed by atoms with Crippen LogP contribution in [0.5, 0.6) is 0 Å². The number of hydrogen-bond donors (Lipinski definition) is 11. The standard InChI is InChI=1S/C47H64N12O10S/c1-7-9-19-35(59-45(68)27(5)54-46(59)69)43(66)53-25(3)39(62)52-26(4)40(63)58-37(47(70,24-50-6)22-36(48)60)44(67)57-34(20-28-15-11-10-12-16-28)42(65)55-31(8-2)41(64)56-33(38(49)61)21-29-23-51-32-18-14-13-17-30(29)32/h10-18,23-27,31,33-35,37,51,70H,7-9,19-22H2,1-6H3,(H2,48,60)(H2,49,61)(H,52,62)(H,53,66)(H,54,69)(H,55,65)(H,56,64)(H,57,67)(H,58,63)/t25-,26+,27+,31-,33-,34+,35-,37+,47?/m0/s1. The lowest BCUT2D eigenvalue weighted by molar-refractivity contribution is -0.138. The zero-order valence-corrected chi connectivity index (χ0v) is 40.9. The van der Waals surface area contributed by atoms with Crippen LogP contribution >= 0.6 is 12.6 Å². The van der Waals surface area contributed by atoms with Crippen molar-refractivity contribution >= 4 is 88.9 Å². The van der Waals surface area contributed by atoms with Gasteiger partial charge in [0, 0.05) is 49.6 Å². The molecule has 1 aromatic heterocycles. The van der Waals surface area contributed by atoms with E-state index >= 15 is 0 Å². The van der Waals surface area contributed by atoms with Gasteiger partial charge in [-0.25, -0.2) is 9.69 Å². The van der Waals surface area contributed by atoms with Gasteiger partial charge >= 0.3 is 6.03 Å². The van der Waals surface area contributed by atoms with Crippen molar-refractivity contribution in [3.05, 3.63) is 71.9 Å². The summed E-state index contributed by atoms with van der Waals surface area (Å²) in [7, 11) is 1.32. The second kappa shape index (κ2) is 25.3. The average molecular weight is 989 g/mol. The lowest BCUT2D eigenvalue weighted by atomic mass is 9.93. The number of unbranched alkanes of at least 4 members (excludes halogenated alkanes) is 1. The molecule has 4 rings (SSSR count). The highest BCUT2D eigenvalue weighted by Crippen LogP contribution is 2.24. The number of aromatic nitrogens is 1. The molecule has 9 atom stereocenters. The molecule has 378 valence electrons. The number of rotatable bonds is 26. The number of thiol groups is 1. The molecule has 1 unspecified atom stereocenters. The number of carbonyl (C=O) groups excluding carboxylic acids is 10. The zero-order chi connectivity index (χ0) is 51.9. The molecule has 0 bridgehead atoms. The van der Waals surface area contributed by atoms with E-state index in [4.69, 9.17) is 11.5 Å². The zero-order valence-electron chi connectivity index (χ0n) is 40.0. The Labute approximate surface area is 410 Å². The van der Waals surface area contributed by atoms with Gasteiger partial charge in [-0.3, -0.25) is 48.1 Å². The maximum Gasteiger partial charge on any atom is 0.325 e. The fourth-order valence-electron chi connectivity index (χ4n) is 7.84. The van der Waals surface area contributed by atoms with Crippen LogP contribution in [0.25, 0.3) is 10.9 Å². The number of primary amides is 2. The summed E-state index contributed by atoms with van der Waals surface area (Å²) in [6.07, 6.45) is 3.40. The van der Waals surface area contributed by atoms with Gasteiger partial charge in [0.15, 0.2) is 0 Å². The van der Waals surface area contributed by atoms with Crippen LogP contribution in [0.1, 0.15) is 77.8 Å². The van der Waals surface area contributed by atoms with E-state index in [-0.39, 0.29) is 25.7 Å². The number of nitrogens with two attached hydrogens (primary N) is 2. The van der Waals surface area contributed by atoms with Crippen molar-refractivity contribution in [2.24, 2.45) is 16.5 Å². The predicted octanol–water partition coefficient (Wildman–Crippen LogP) is -0.459. The molecule has 1 saturated heterocycles. The Balaban J connectivity index is 1.54. The first-order chi connectivity index (χ1) is 33.1. The molecule has 0 spiro atoms. The number of imide groups is 1. The number of urea groups is 1. The second-order valence-electron chi connectivity index (χ2n) is 17.2. The number of hydrogen-bond acceptors (Lipinski definition) is 12. The van der Waals surface area contributed by atoms with Crippen LogP contribution in [0.4, 0.5) is 4.79 Å². The second-order valence-corrected chi connectivity index (χ2v) is 18.0. The first-order valence-electron chi connectivity index (χ1n) is 22.9. The number of aliphatic imine (C=N–C) groups is 1. The monoisotopic (exact) mass is 988 g/mol. The van der Waals surface area contributed by atoms with Gasteiger partial charge in [0.25, 0.3) is 5.91 Å². The molecule has 23 heteroatoms. The SMILES string of the molecule is CCCC[C@@H](C(=O)N[C@@H](C)C(=O)N[C@H](C)C(=O)N[C@H](C(=O)N[C@H](Cc1ccccc1)C(=O)N[C@@H](CC)C(=O)N[C@@H](Cc1c[nH]c2ccccc12)C(N)=O)C(S)(C=NC)CC(N)=O)N1C(=O)N[C@H](C)C1=O. The van der Waals surface area contributed by atoms with Crippen molar-refractivity contribution in [1.82, 2.24) is 47.1 Å². The van der Waals surface area contributed by atoms with Crippen molar-refractivity contribution in [1.29, 1.82) is 0 Å². The lowest BCUT2D eigenvalue weighted by Gasteiger charge is -2.34. The number of aromatic amines is 1. The minimum Gasteiger partial charge on any atom is -0.370 e. The Morgan fingerprint density at radius 2 is 1.36 bits per heavy atom. The number of benzene rings is 2. The molecule has 0 aliphatic carbocycles. The molecule has 2 aromatic carbocycles. The summed E-state index contributed by atoms with van der Waals surface area (Å²) in [5.41, 5.74) is 13.4. The van der Waals surface area contributed by atoms with Crippen LogP contribution in [-0.2, 0) is 56.0 Å². The van der Waals surface area contributed by atoms with Crippen molar-refractivity contribution < 1.29 is 47.9 Å². The van der Waals surface area contributed by atoms with Crippen molar-refractivity contribution in [2.45, 2.75) is 133 Å². The molecule has 2 heterocycles. The highest BCUT2D eigenvalue weighted by Gasteiger charge is 2.45. The van der Waals surface area contributed by atoms with E-state index in [1.165, 1.54) is 27.8 Å². The third-order valence-corrected chi connectivity index (χ3v) is 12.2. The van der Waals surface area contributed by atoms with E-state index in [0.29, 0.717) is 18.4 Å². The van der Waals surface area contributed by atoms with Gasteiger partial charge in [-0.2, -0.15) is 12.6 Å². The minimum atomic E-state index is -1.93. The minimum absolute atomic E-state index is 0.0477. The van der Waals surface area contributed by atoms with Crippen molar-refractivity contribution in [2.75, 3.05) is 7.05 Å².